The summed E-state index contributed by atoms with van der Waals surface area (Å²) in [6.07, 6.45) is 1.69. The SMILES string of the molecule is CC(C)(C)OC(=O)N1CC(NC(=O)c2cc(C3CC3)on2)[C@H](CO)C1. The van der Waals surface area contributed by atoms with E-state index in [-0.39, 0.29) is 30.2 Å². The van der Waals surface area contributed by atoms with Crippen molar-refractivity contribution < 1.29 is 24.0 Å². The average molecular weight is 351 g/mol. The molecule has 2 amide bonds. The highest BCUT2D eigenvalue weighted by Crippen LogP contribution is 2.40. The van der Waals surface area contributed by atoms with Crippen molar-refractivity contribution in [3.05, 3.63) is 17.5 Å². The van der Waals surface area contributed by atoms with Gasteiger partial charge < -0.3 is 24.6 Å². The molecule has 0 radical (unpaired) electrons. The Morgan fingerprint density at radius 1 is 1.40 bits per heavy atom. The molecule has 2 N–H and O–H groups in total. The molecule has 1 aromatic rings. The maximum atomic E-state index is 12.4. The Bertz CT molecular complexity index is 647. The van der Waals surface area contributed by atoms with Crippen LogP contribution in [-0.4, -0.2) is 58.5 Å². The Balaban J connectivity index is 1.60. The number of nitrogens with zero attached hydrogens (tertiary/aromatic N) is 2. The van der Waals surface area contributed by atoms with Gasteiger partial charge in [0.05, 0.1) is 6.04 Å². The van der Waals surface area contributed by atoms with Crippen LogP contribution in [0.4, 0.5) is 4.79 Å². The Hall–Kier alpha value is -2.09. The van der Waals surface area contributed by atoms with Crippen molar-refractivity contribution in [3.8, 4) is 0 Å². The van der Waals surface area contributed by atoms with Crippen LogP contribution in [0.1, 0.15) is 55.8 Å². The second-order valence-corrected chi connectivity index (χ2v) is 7.80. The number of aliphatic hydroxyl groups is 1. The zero-order valence-corrected chi connectivity index (χ0v) is 14.8. The molecular weight excluding hydrogens is 326 g/mol. The Kier molecular flexibility index (Phi) is 4.73. The summed E-state index contributed by atoms with van der Waals surface area (Å²) in [5.41, 5.74) is -0.359. The second kappa shape index (κ2) is 6.67. The third-order valence-electron chi connectivity index (χ3n) is 4.38. The quantitative estimate of drug-likeness (QED) is 0.852. The predicted octanol–water partition coefficient (Wildman–Crippen LogP) is 1.51. The highest BCUT2D eigenvalue weighted by atomic mass is 16.6. The predicted molar refractivity (Wildman–Crippen MR) is 88.1 cm³/mol. The molecule has 8 heteroatoms. The van der Waals surface area contributed by atoms with E-state index in [9.17, 15) is 14.7 Å². The molecule has 1 unspecified atom stereocenters. The van der Waals surface area contributed by atoms with Gasteiger partial charge in [0, 0.05) is 37.6 Å². The number of ether oxygens (including phenoxy) is 1. The molecule has 2 heterocycles. The number of amides is 2. The van der Waals surface area contributed by atoms with Crippen molar-refractivity contribution >= 4 is 12.0 Å². The first-order chi connectivity index (χ1) is 11.8. The Morgan fingerprint density at radius 3 is 2.72 bits per heavy atom. The summed E-state index contributed by atoms with van der Waals surface area (Å²) in [4.78, 5) is 26.1. The third-order valence-corrected chi connectivity index (χ3v) is 4.38. The lowest BCUT2D eigenvalue weighted by atomic mass is 10.1. The molecule has 1 aliphatic heterocycles. The molecule has 2 atom stereocenters. The normalized spacial score (nSPS) is 23.6. The zero-order valence-electron chi connectivity index (χ0n) is 14.8. The number of hydrogen-bond acceptors (Lipinski definition) is 6. The molecule has 2 aliphatic rings. The number of carbonyl (C=O) groups excluding carboxylic acids is 2. The molecular formula is C17H25N3O5. The highest BCUT2D eigenvalue weighted by molar-refractivity contribution is 5.92. The first-order valence-corrected chi connectivity index (χ1v) is 8.63. The van der Waals surface area contributed by atoms with E-state index in [2.05, 4.69) is 10.5 Å². The van der Waals surface area contributed by atoms with Gasteiger partial charge in [0.1, 0.15) is 11.4 Å². The van der Waals surface area contributed by atoms with Gasteiger partial charge in [-0.25, -0.2) is 4.79 Å². The summed E-state index contributed by atoms with van der Waals surface area (Å²) in [5.74, 6) is 0.524. The molecule has 8 nitrogen and oxygen atoms in total. The van der Waals surface area contributed by atoms with Crippen LogP contribution in [-0.2, 0) is 4.74 Å². The van der Waals surface area contributed by atoms with Gasteiger partial charge in [-0.1, -0.05) is 5.16 Å². The van der Waals surface area contributed by atoms with Crippen LogP contribution in [0, 0.1) is 5.92 Å². The largest absolute Gasteiger partial charge is 0.444 e. The summed E-state index contributed by atoms with van der Waals surface area (Å²) in [5, 5.41) is 16.2. The standard InChI is InChI=1S/C17H25N3O5/c1-17(2,3)24-16(23)20-7-11(9-21)13(8-20)18-15(22)12-6-14(25-19-12)10-4-5-10/h6,10-11,13,21H,4-5,7-9H2,1-3H3,(H,18,22)/t11-,13?/m0/s1. The lowest BCUT2D eigenvalue weighted by Crippen LogP contribution is -2.42. The van der Waals surface area contributed by atoms with Crippen LogP contribution in [0.3, 0.4) is 0 Å². The topological polar surface area (TPSA) is 105 Å². The molecule has 1 aliphatic carbocycles. The molecule has 1 saturated carbocycles. The number of hydrogen-bond donors (Lipinski definition) is 2. The van der Waals surface area contributed by atoms with Crippen LogP contribution >= 0.6 is 0 Å². The van der Waals surface area contributed by atoms with E-state index in [1.165, 1.54) is 4.90 Å². The summed E-state index contributed by atoms with van der Waals surface area (Å²) in [6.45, 7) is 5.89. The molecule has 3 rings (SSSR count). The van der Waals surface area contributed by atoms with E-state index in [1.54, 1.807) is 26.8 Å². The van der Waals surface area contributed by atoms with E-state index < -0.39 is 11.7 Å². The van der Waals surface area contributed by atoms with Gasteiger partial charge in [-0.2, -0.15) is 0 Å². The number of likely N-dealkylation sites (tertiary alicyclic amines) is 1. The lowest BCUT2D eigenvalue weighted by molar-refractivity contribution is 0.0281. The van der Waals surface area contributed by atoms with Crippen molar-refractivity contribution in [2.45, 2.75) is 51.2 Å². The fraction of sp³-hybridized carbons (Fsp3) is 0.706. The van der Waals surface area contributed by atoms with Crippen LogP contribution in [0.2, 0.25) is 0 Å². The maximum absolute atomic E-state index is 12.4. The van der Waals surface area contributed by atoms with Crippen molar-refractivity contribution in [2.75, 3.05) is 19.7 Å². The first-order valence-electron chi connectivity index (χ1n) is 8.63. The molecule has 0 bridgehead atoms. The van der Waals surface area contributed by atoms with Crippen molar-refractivity contribution in [1.82, 2.24) is 15.4 Å². The molecule has 1 saturated heterocycles. The minimum Gasteiger partial charge on any atom is -0.444 e. The van der Waals surface area contributed by atoms with Crippen LogP contribution in [0.5, 0.6) is 0 Å². The van der Waals surface area contributed by atoms with Crippen molar-refractivity contribution in [2.24, 2.45) is 5.92 Å². The van der Waals surface area contributed by atoms with Gasteiger partial charge in [-0.05, 0) is 33.6 Å². The highest BCUT2D eigenvalue weighted by Gasteiger charge is 2.38. The lowest BCUT2D eigenvalue weighted by Gasteiger charge is -2.24. The van der Waals surface area contributed by atoms with Gasteiger partial charge >= 0.3 is 6.09 Å². The van der Waals surface area contributed by atoms with E-state index in [1.807, 2.05) is 0 Å². The van der Waals surface area contributed by atoms with E-state index in [4.69, 9.17) is 9.26 Å². The second-order valence-electron chi connectivity index (χ2n) is 7.80. The van der Waals surface area contributed by atoms with Gasteiger partial charge in [-0.15, -0.1) is 0 Å². The number of rotatable bonds is 4. The van der Waals surface area contributed by atoms with Gasteiger partial charge in [0.15, 0.2) is 5.69 Å². The summed E-state index contributed by atoms with van der Waals surface area (Å²) < 4.78 is 10.6. The first kappa shape index (κ1) is 17.7. The molecule has 0 spiro atoms. The Labute approximate surface area is 146 Å². The maximum Gasteiger partial charge on any atom is 0.410 e. The van der Waals surface area contributed by atoms with Crippen LogP contribution in [0.25, 0.3) is 0 Å². The number of nitrogens with one attached hydrogen (secondary N) is 1. The third kappa shape index (κ3) is 4.31. The minimum atomic E-state index is -0.590. The van der Waals surface area contributed by atoms with Gasteiger partial charge in [0.25, 0.3) is 5.91 Å². The summed E-state index contributed by atoms with van der Waals surface area (Å²) in [6, 6.07) is 1.31. The van der Waals surface area contributed by atoms with Gasteiger partial charge in [0.2, 0.25) is 0 Å². The Morgan fingerprint density at radius 2 is 2.12 bits per heavy atom. The number of aliphatic hydroxyl groups excluding tert-OH is 1. The molecule has 1 aromatic heterocycles. The van der Waals surface area contributed by atoms with E-state index in [0.717, 1.165) is 18.6 Å². The number of carbonyl (C=O) groups is 2. The molecule has 25 heavy (non-hydrogen) atoms. The molecule has 138 valence electrons. The summed E-state index contributed by atoms with van der Waals surface area (Å²) >= 11 is 0. The van der Waals surface area contributed by atoms with E-state index in [0.29, 0.717) is 19.0 Å². The zero-order chi connectivity index (χ0) is 18.2. The fourth-order valence-corrected chi connectivity index (χ4v) is 2.89. The average Bonchev–Trinajstić information content (AvgIpc) is 3.10. The molecule has 2 fully saturated rings. The fourth-order valence-electron chi connectivity index (χ4n) is 2.89. The molecule has 0 aromatic carbocycles. The van der Waals surface area contributed by atoms with Crippen LogP contribution in [0.15, 0.2) is 10.6 Å². The monoisotopic (exact) mass is 351 g/mol. The smallest absolute Gasteiger partial charge is 0.410 e. The summed E-state index contributed by atoms with van der Waals surface area (Å²) in [7, 11) is 0. The van der Waals surface area contributed by atoms with Gasteiger partial charge in [-0.3, -0.25) is 4.79 Å². The van der Waals surface area contributed by atoms with E-state index >= 15 is 0 Å². The van der Waals surface area contributed by atoms with Crippen molar-refractivity contribution in [3.63, 3.8) is 0 Å². The van der Waals surface area contributed by atoms with Crippen molar-refractivity contribution in [1.29, 1.82) is 0 Å². The minimum absolute atomic E-state index is 0.129. The number of aromatic nitrogens is 1. The van der Waals surface area contributed by atoms with Crippen LogP contribution < -0.4 is 5.32 Å².